The van der Waals surface area contributed by atoms with Crippen molar-refractivity contribution in [1.29, 1.82) is 5.26 Å². The number of benzene rings is 2. The van der Waals surface area contributed by atoms with Crippen molar-refractivity contribution in [2.45, 2.75) is 38.5 Å². The Labute approximate surface area is 120 Å². The van der Waals surface area contributed by atoms with E-state index in [4.69, 9.17) is 5.26 Å². The Hall–Kier alpha value is -2.07. The molecule has 1 aliphatic carbocycles. The molecule has 3 rings (SSSR count). The molecule has 20 heavy (non-hydrogen) atoms. The molecule has 2 aromatic rings. The molecule has 2 aromatic carbocycles. The molecule has 1 heteroatoms. The molecule has 0 amide bonds. The topological polar surface area (TPSA) is 23.8 Å². The predicted molar refractivity (Wildman–Crippen MR) is 81.7 cm³/mol. The van der Waals surface area contributed by atoms with Crippen LogP contribution in [-0.2, 0) is 19.3 Å². The van der Waals surface area contributed by atoms with Crippen LogP contribution in [0.1, 0.15) is 47.1 Å². The normalized spacial score (nSPS) is 17.3. The summed E-state index contributed by atoms with van der Waals surface area (Å²) in [5.74, 6) is 0.626. The molecule has 0 N–H and O–H groups in total. The molecule has 1 unspecified atom stereocenters. The number of fused-ring (bicyclic) bond motifs is 1. The molecule has 0 fully saturated rings. The molecule has 0 heterocycles. The average molecular weight is 261 g/mol. The van der Waals surface area contributed by atoms with E-state index in [1.54, 1.807) is 0 Å². The van der Waals surface area contributed by atoms with Gasteiger partial charge in [0.05, 0.1) is 11.6 Å². The van der Waals surface area contributed by atoms with Crippen molar-refractivity contribution in [2.75, 3.05) is 0 Å². The van der Waals surface area contributed by atoms with Gasteiger partial charge < -0.3 is 0 Å². The number of rotatable bonds is 2. The van der Waals surface area contributed by atoms with Gasteiger partial charge in [0.15, 0.2) is 0 Å². The first-order chi connectivity index (χ1) is 9.80. The summed E-state index contributed by atoms with van der Waals surface area (Å²) in [6.45, 7) is 2.19. The van der Waals surface area contributed by atoms with E-state index in [0.29, 0.717) is 5.92 Å². The second-order valence-electron chi connectivity index (χ2n) is 5.63. The molecule has 1 atom stereocenters. The summed E-state index contributed by atoms with van der Waals surface area (Å²) in [7, 11) is 0. The molecule has 1 aliphatic rings. The second-order valence-corrected chi connectivity index (χ2v) is 5.63. The molecule has 0 aromatic heterocycles. The lowest BCUT2D eigenvalue weighted by Gasteiger charge is -2.25. The van der Waals surface area contributed by atoms with Crippen LogP contribution in [0.4, 0.5) is 0 Å². The van der Waals surface area contributed by atoms with Crippen molar-refractivity contribution in [3.63, 3.8) is 0 Å². The summed E-state index contributed by atoms with van der Waals surface area (Å²) in [5.41, 5.74) is 6.43. The van der Waals surface area contributed by atoms with Crippen LogP contribution in [-0.4, -0.2) is 0 Å². The summed E-state index contributed by atoms with van der Waals surface area (Å²) in [6.07, 6.45) is 4.48. The van der Waals surface area contributed by atoms with Gasteiger partial charge in [-0.2, -0.15) is 5.26 Å². The largest absolute Gasteiger partial charge is 0.192 e. The monoisotopic (exact) mass is 261 g/mol. The maximum absolute atomic E-state index is 8.97. The van der Waals surface area contributed by atoms with Crippen LogP contribution in [0, 0.1) is 11.3 Å². The van der Waals surface area contributed by atoms with Crippen molar-refractivity contribution in [3.05, 3.63) is 70.3 Å². The van der Waals surface area contributed by atoms with Gasteiger partial charge in [0.1, 0.15) is 0 Å². The quantitative estimate of drug-likeness (QED) is 0.786. The number of hydrogen-bond donors (Lipinski definition) is 0. The maximum atomic E-state index is 8.97. The molecule has 100 valence electrons. The smallest absolute Gasteiger partial charge is 0.0991 e. The Morgan fingerprint density at radius 2 is 1.90 bits per heavy atom. The Bertz CT molecular complexity index is 646. The molecule has 1 nitrogen and oxygen atoms in total. The first-order valence-electron chi connectivity index (χ1n) is 7.41. The summed E-state index contributed by atoms with van der Waals surface area (Å²) >= 11 is 0. The number of nitriles is 1. The van der Waals surface area contributed by atoms with Crippen molar-refractivity contribution in [2.24, 2.45) is 0 Å². The van der Waals surface area contributed by atoms with Crippen molar-refractivity contribution in [1.82, 2.24) is 0 Å². The zero-order valence-electron chi connectivity index (χ0n) is 11.9. The molecule has 0 spiro atoms. The predicted octanol–water partition coefficient (Wildman–Crippen LogP) is 4.39. The highest BCUT2D eigenvalue weighted by molar-refractivity contribution is 5.41. The maximum Gasteiger partial charge on any atom is 0.0991 e. The standard InChI is InChI=1S/C19H19N/c1-2-14-3-6-16(7-4-14)18-10-9-17-11-15(13-20)5-8-19(17)12-18/h3-8,11,18H,2,9-10,12H2,1H3. The highest BCUT2D eigenvalue weighted by atomic mass is 14.3. The van der Waals surface area contributed by atoms with E-state index < -0.39 is 0 Å². The van der Waals surface area contributed by atoms with Gasteiger partial charge in [-0.1, -0.05) is 37.3 Å². The van der Waals surface area contributed by atoms with E-state index >= 15 is 0 Å². The van der Waals surface area contributed by atoms with Crippen molar-refractivity contribution < 1.29 is 0 Å². The lowest BCUT2D eigenvalue weighted by molar-refractivity contribution is 0.584. The SMILES string of the molecule is CCc1ccc(C2CCc3cc(C#N)ccc3C2)cc1. The van der Waals surface area contributed by atoms with E-state index in [1.165, 1.54) is 28.7 Å². The van der Waals surface area contributed by atoms with Gasteiger partial charge in [0, 0.05) is 0 Å². The van der Waals surface area contributed by atoms with E-state index in [2.05, 4.69) is 49.4 Å². The zero-order valence-corrected chi connectivity index (χ0v) is 11.9. The first kappa shape index (κ1) is 12.9. The molecule has 0 saturated heterocycles. The Balaban J connectivity index is 1.82. The second kappa shape index (κ2) is 5.51. The minimum absolute atomic E-state index is 0.626. The molecular formula is C19H19N. The number of hydrogen-bond acceptors (Lipinski definition) is 1. The van der Waals surface area contributed by atoms with Crippen LogP contribution in [0.15, 0.2) is 42.5 Å². The average Bonchev–Trinajstić information content (AvgIpc) is 2.54. The molecule has 0 saturated carbocycles. The zero-order chi connectivity index (χ0) is 13.9. The summed E-state index contributed by atoms with van der Waals surface area (Å²) in [5, 5.41) is 8.97. The molecule has 0 aliphatic heterocycles. The van der Waals surface area contributed by atoms with E-state index in [9.17, 15) is 0 Å². The Morgan fingerprint density at radius 3 is 2.60 bits per heavy atom. The molecule has 0 radical (unpaired) electrons. The van der Waals surface area contributed by atoms with E-state index in [0.717, 1.165) is 24.8 Å². The van der Waals surface area contributed by atoms with E-state index in [1.807, 2.05) is 6.07 Å². The Morgan fingerprint density at radius 1 is 1.10 bits per heavy atom. The van der Waals surface area contributed by atoms with Gasteiger partial charge in [-0.05, 0) is 66.0 Å². The number of nitrogens with zero attached hydrogens (tertiary/aromatic N) is 1. The van der Waals surface area contributed by atoms with Crippen LogP contribution >= 0.6 is 0 Å². The third-order valence-corrected chi connectivity index (χ3v) is 4.42. The minimum Gasteiger partial charge on any atom is -0.192 e. The van der Waals surface area contributed by atoms with Crippen LogP contribution < -0.4 is 0 Å². The first-order valence-corrected chi connectivity index (χ1v) is 7.41. The Kier molecular flexibility index (Phi) is 3.56. The minimum atomic E-state index is 0.626. The van der Waals surface area contributed by atoms with Crippen LogP contribution in [0.2, 0.25) is 0 Å². The highest BCUT2D eigenvalue weighted by Crippen LogP contribution is 2.33. The van der Waals surface area contributed by atoms with Gasteiger partial charge in [-0.3, -0.25) is 0 Å². The lowest BCUT2D eigenvalue weighted by atomic mass is 9.79. The third kappa shape index (κ3) is 2.47. The van der Waals surface area contributed by atoms with Gasteiger partial charge >= 0.3 is 0 Å². The van der Waals surface area contributed by atoms with Crippen molar-refractivity contribution >= 4 is 0 Å². The number of aryl methyl sites for hydroxylation is 2. The summed E-state index contributed by atoms with van der Waals surface area (Å²) in [6, 6.07) is 17.5. The molecule has 0 bridgehead atoms. The van der Waals surface area contributed by atoms with Crippen LogP contribution in [0.5, 0.6) is 0 Å². The summed E-state index contributed by atoms with van der Waals surface area (Å²) < 4.78 is 0. The fourth-order valence-corrected chi connectivity index (χ4v) is 3.13. The molecular weight excluding hydrogens is 242 g/mol. The van der Waals surface area contributed by atoms with E-state index in [-0.39, 0.29) is 0 Å². The highest BCUT2D eigenvalue weighted by Gasteiger charge is 2.20. The van der Waals surface area contributed by atoms with Gasteiger partial charge in [0.2, 0.25) is 0 Å². The van der Waals surface area contributed by atoms with Gasteiger partial charge in [-0.15, -0.1) is 0 Å². The van der Waals surface area contributed by atoms with Crippen LogP contribution in [0.3, 0.4) is 0 Å². The fraction of sp³-hybridized carbons (Fsp3) is 0.316. The van der Waals surface area contributed by atoms with Crippen molar-refractivity contribution in [3.8, 4) is 6.07 Å². The van der Waals surface area contributed by atoms with Gasteiger partial charge in [0.25, 0.3) is 0 Å². The van der Waals surface area contributed by atoms with Gasteiger partial charge in [-0.25, -0.2) is 0 Å². The van der Waals surface area contributed by atoms with Crippen LogP contribution in [0.25, 0.3) is 0 Å². The fourth-order valence-electron chi connectivity index (χ4n) is 3.13. The lowest BCUT2D eigenvalue weighted by Crippen LogP contribution is -2.13. The summed E-state index contributed by atoms with van der Waals surface area (Å²) in [4.78, 5) is 0. The third-order valence-electron chi connectivity index (χ3n) is 4.42.